The number of carbonyl (C=O) groups excluding carboxylic acids is 1. The predicted octanol–water partition coefficient (Wildman–Crippen LogP) is 2.13. The largest absolute Gasteiger partial charge is 0.492 e. The molecule has 0 aromatic heterocycles. The van der Waals surface area contributed by atoms with E-state index in [4.69, 9.17) is 10.5 Å². The van der Waals surface area contributed by atoms with Crippen LogP contribution in [0.25, 0.3) is 0 Å². The van der Waals surface area contributed by atoms with Gasteiger partial charge in [-0.25, -0.2) is 0 Å². The second kappa shape index (κ2) is 8.68. The van der Waals surface area contributed by atoms with Crippen molar-refractivity contribution in [3.05, 3.63) is 29.3 Å². The van der Waals surface area contributed by atoms with E-state index in [-0.39, 0.29) is 12.5 Å². The molecule has 1 aromatic carbocycles. The van der Waals surface area contributed by atoms with Gasteiger partial charge in [0.2, 0.25) is 5.91 Å². The summed E-state index contributed by atoms with van der Waals surface area (Å²) in [6.07, 6.45) is 4.60. The van der Waals surface area contributed by atoms with Crippen LogP contribution < -0.4 is 10.5 Å². The third-order valence-corrected chi connectivity index (χ3v) is 5.49. The van der Waals surface area contributed by atoms with E-state index in [1.54, 1.807) is 0 Å². The fourth-order valence-corrected chi connectivity index (χ4v) is 3.96. The summed E-state index contributed by atoms with van der Waals surface area (Å²) in [6, 6.07) is 6.54. The normalized spacial score (nSPS) is 19.4. The van der Waals surface area contributed by atoms with Crippen molar-refractivity contribution < 1.29 is 9.53 Å². The van der Waals surface area contributed by atoms with E-state index in [9.17, 15) is 4.79 Å². The Kier molecular flexibility index (Phi) is 6.32. The van der Waals surface area contributed by atoms with Crippen molar-refractivity contribution in [2.45, 2.75) is 38.5 Å². The summed E-state index contributed by atoms with van der Waals surface area (Å²) >= 11 is 0. The molecule has 3 rings (SSSR count). The zero-order valence-electron chi connectivity index (χ0n) is 15.4. The monoisotopic (exact) mass is 345 g/mol. The zero-order chi connectivity index (χ0) is 17.6. The first-order valence-electron chi connectivity index (χ1n) is 9.61. The van der Waals surface area contributed by atoms with Crippen LogP contribution in [0.3, 0.4) is 0 Å². The lowest BCUT2D eigenvalue weighted by Crippen LogP contribution is -2.41. The van der Waals surface area contributed by atoms with Gasteiger partial charge < -0.3 is 15.4 Å². The maximum atomic E-state index is 11.8. The molecule has 5 nitrogen and oxygen atoms in total. The summed E-state index contributed by atoms with van der Waals surface area (Å²) in [5, 5.41) is 0. The van der Waals surface area contributed by atoms with Crippen LogP contribution in [-0.2, 0) is 4.79 Å². The van der Waals surface area contributed by atoms with Gasteiger partial charge in [-0.2, -0.15) is 0 Å². The van der Waals surface area contributed by atoms with Gasteiger partial charge in [0.25, 0.3) is 0 Å². The molecular formula is C20H31N3O2. The number of nitrogens with zero attached hydrogens (tertiary/aromatic N) is 2. The Morgan fingerprint density at radius 2 is 1.92 bits per heavy atom. The van der Waals surface area contributed by atoms with E-state index in [2.05, 4.69) is 30.0 Å². The number of likely N-dealkylation sites (tertiary alicyclic amines) is 2. The van der Waals surface area contributed by atoms with Crippen LogP contribution in [0.15, 0.2) is 18.2 Å². The van der Waals surface area contributed by atoms with E-state index < -0.39 is 0 Å². The van der Waals surface area contributed by atoms with Gasteiger partial charge in [0, 0.05) is 19.6 Å². The van der Waals surface area contributed by atoms with Crippen molar-refractivity contribution in [1.82, 2.24) is 9.80 Å². The molecule has 0 radical (unpaired) electrons. The Bertz CT molecular complexity index is 576. The average Bonchev–Trinajstić information content (AvgIpc) is 3.15. The van der Waals surface area contributed by atoms with E-state index in [0.29, 0.717) is 5.92 Å². The summed E-state index contributed by atoms with van der Waals surface area (Å²) < 4.78 is 6.19. The molecule has 2 saturated heterocycles. The standard InChI is InChI=1S/C20H31N3O2/c1-16-4-5-18(17-6-10-23(11-7-17)20(24)15-21)19(14-16)25-13-12-22-8-2-3-9-22/h4-5,14,17H,2-3,6-13,15,21H2,1H3. The minimum absolute atomic E-state index is 0.0597. The third-order valence-electron chi connectivity index (χ3n) is 5.49. The molecule has 138 valence electrons. The Morgan fingerprint density at radius 1 is 1.20 bits per heavy atom. The molecule has 2 aliphatic rings. The Labute approximate surface area is 151 Å². The first-order chi connectivity index (χ1) is 12.2. The Balaban J connectivity index is 1.60. The number of piperidine rings is 1. The van der Waals surface area contributed by atoms with Crippen LogP contribution in [0.5, 0.6) is 5.75 Å². The van der Waals surface area contributed by atoms with Crippen LogP contribution in [0.4, 0.5) is 0 Å². The second-order valence-corrected chi connectivity index (χ2v) is 7.30. The Morgan fingerprint density at radius 3 is 2.60 bits per heavy atom. The lowest BCUT2D eigenvalue weighted by Gasteiger charge is -2.32. The number of hydrogen-bond acceptors (Lipinski definition) is 4. The van der Waals surface area contributed by atoms with Gasteiger partial charge in [0.1, 0.15) is 12.4 Å². The van der Waals surface area contributed by atoms with Gasteiger partial charge in [-0.3, -0.25) is 9.69 Å². The highest BCUT2D eigenvalue weighted by Gasteiger charge is 2.25. The van der Waals surface area contributed by atoms with Gasteiger partial charge in [-0.05, 0) is 68.8 Å². The number of nitrogens with two attached hydrogens (primary N) is 1. The third kappa shape index (κ3) is 4.73. The molecule has 2 fully saturated rings. The average molecular weight is 345 g/mol. The molecule has 2 N–H and O–H groups in total. The van der Waals surface area contributed by atoms with Crippen molar-refractivity contribution in [1.29, 1.82) is 0 Å². The van der Waals surface area contributed by atoms with Crippen LogP contribution in [0, 0.1) is 6.92 Å². The number of aryl methyl sites for hydroxylation is 1. The molecule has 0 spiro atoms. The molecule has 0 bridgehead atoms. The lowest BCUT2D eigenvalue weighted by atomic mass is 9.88. The number of rotatable bonds is 6. The number of carbonyl (C=O) groups is 1. The number of hydrogen-bond donors (Lipinski definition) is 1. The van der Waals surface area contributed by atoms with Gasteiger partial charge in [-0.1, -0.05) is 12.1 Å². The summed E-state index contributed by atoms with van der Waals surface area (Å²) in [7, 11) is 0. The van der Waals surface area contributed by atoms with Crippen molar-refractivity contribution in [2.75, 3.05) is 45.9 Å². The summed E-state index contributed by atoms with van der Waals surface area (Å²) in [5.41, 5.74) is 8.01. The molecule has 0 atom stereocenters. The summed E-state index contributed by atoms with van der Waals surface area (Å²) in [4.78, 5) is 16.1. The number of benzene rings is 1. The fraction of sp³-hybridized carbons (Fsp3) is 0.650. The van der Waals surface area contributed by atoms with Gasteiger partial charge in [0.05, 0.1) is 6.54 Å². The molecule has 25 heavy (non-hydrogen) atoms. The van der Waals surface area contributed by atoms with Crippen LogP contribution in [-0.4, -0.2) is 61.6 Å². The molecule has 0 saturated carbocycles. The first kappa shape index (κ1) is 18.2. The lowest BCUT2D eigenvalue weighted by molar-refractivity contribution is -0.130. The number of ether oxygens (including phenoxy) is 1. The van der Waals surface area contributed by atoms with Gasteiger partial charge in [0.15, 0.2) is 0 Å². The highest BCUT2D eigenvalue weighted by molar-refractivity contribution is 5.78. The molecule has 5 heteroatoms. The number of amides is 1. The smallest absolute Gasteiger partial charge is 0.236 e. The van der Waals surface area contributed by atoms with Crippen LogP contribution in [0.1, 0.15) is 42.7 Å². The second-order valence-electron chi connectivity index (χ2n) is 7.30. The minimum atomic E-state index is 0.0597. The zero-order valence-corrected chi connectivity index (χ0v) is 15.4. The Hall–Kier alpha value is -1.59. The molecular weight excluding hydrogens is 314 g/mol. The molecule has 1 amide bonds. The topological polar surface area (TPSA) is 58.8 Å². The van der Waals surface area contributed by atoms with Crippen molar-refractivity contribution >= 4 is 5.91 Å². The van der Waals surface area contributed by atoms with E-state index >= 15 is 0 Å². The first-order valence-corrected chi connectivity index (χ1v) is 9.61. The highest BCUT2D eigenvalue weighted by atomic mass is 16.5. The summed E-state index contributed by atoms with van der Waals surface area (Å²) in [5.74, 6) is 1.55. The van der Waals surface area contributed by atoms with E-state index in [1.807, 2.05) is 4.90 Å². The molecule has 2 aliphatic heterocycles. The van der Waals surface area contributed by atoms with Gasteiger partial charge >= 0.3 is 0 Å². The highest BCUT2D eigenvalue weighted by Crippen LogP contribution is 2.35. The maximum Gasteiger partial charge on any atom is 0.236 e. The van der Waals surface area contributed by atoms with Crippen molar-refractivity contribution in [3.63, 3.8) is 0 Å². The fourth-order valence-electron chi connectivity index (χ4n) is 3.96. The predicted molar refractivity (Wildman–Crippen MR) is 100.0 cm³/mol. The quantitative estimate of drug-likeness (QED) is 0.858. The molecule has 1 aromatic rings. The molecule has 2 heterocycles. The van der Waals surface area contributed by atoms with E-state index in [0.717, 1.165) is 44.8 Å². The van der Waals surface area contributed by atoms with Gasteiger partial charge in [-0.15, -0.1) is 0 Å². The molecule has 0 aliphatic carbocycles. The van der Waals surface area contributed by atoms with Crippen molar-refractivity contribution in [3.8, 4) is 5.75 Å². The van der Waals surface area contributed by atoms with E-state index in [1.165, 1.54) is 37.1 Å². The minimum Gasteiger partial charge on any atom is -0.492 e. The van der Waals surface area contributed by atoms with Crippen LogP contribution in [0.2, 0.25) is 0 Å². The van der Waals surface area contributed by atoms with Crippen LogP contribution >= 0.6 is 0 Å². The maximum absolute atomic E-state index is 11.8. The van der Waals surface area contributed by atoms with Crippen molar-refractivity contribution in [2.24, 2.45) is 5.73 Å². The summed E-state index contributed by atoms with van der Waals surface area (Å²) in [6.45, 7) is 7.98. The molecule has 0 unspecified atom stereocenters. The SMILES string of the molecule is Cc1ccc(C2CCN(C(=O)CN)CC2)c(OCCN2CCCC2)c1.